The first-order valence-corrected chi connectivity index (χ1v) is 5.46. The lowest BCUT2D eigenvalue weighted by Crippen LogP contribution is -2.16. The van der Waals surface area contributed by atoms with Crippen molar-refractivity contribution in [2.45, 2.75) is 13.8 Å². The molecular formula is C12H13N5O. The molecule has 0 radical (unpaired) electrons. The standard InChI is InChI=1S/C12H13N5O/c1-8(10-6-4-3-5-7-10)14-16-12-13-11(18)9(2)15-17-12/h3-7H,1-2H3,(H2,13,16,17,18)/b14-8+. The first kappa shape index (κ1) is 12.0. The van der Waals surface area contributed by atoms with Gasteiger partial charge in [0, 0.05) is 0 Å². The summed E-state index contributed by atoms with van der Waals surface area (Å²) in [5, 5.41) is 11.6. The summed E-state index contributed by atoms with van der Waals surface area (Å²) in [5.74, 6) is 0.223. The van der Waals surface area contributed by atoms with Gasteiger partial charge in [0.05, 0.1) is 5.71 Å². The van der Waals surface area contributed by atoms with Gasteiger partial charge in [-0.05, 0) is 19.4 Å². The number of nitrogens with zero attached hydrogens (tertiary/aromatic N) is 3. The lowest BCUT2D eigenvalue weighted by atomic mass is 10.1. The van der Waals surface area contributed by atoms with Crippen LogP contribution >= 0.6 is 0 Å². The largest absolute Gasteiger partial charge is 0.288 e. The summed E-state index contributed by atoms with van der Waals surface area (Å²) < 4.78 is 0. The quantitative estimate of drug-likeness (QED) is 0.629. The number of anilines is 1. The molecule has 18 heavy (non-hydrogen) atoms. The van der Waals surface area contributed by atoms with E-state index < -0.39 is 0 Å². The molecule has 6 heteroatoms. The Labute approximate surface area is 104 Å². The predicted octanol–water partition coefficient (Wildman–Crippen LogP) is 1.31. The van der Waals surface area contributed by atoms with Gasteiger partial charge in [-0.15, -0.1) is 10.2 Å². The molecule has 0 saturated heterocycles. The van der Waals surface area contributed by atoms with Crippen LogP contribution in [0.2, 0.25) is 0 Å². The van der Waals surface area contributed by atoms with Crippen molar-refractivity contribution in [2.24, 2.45) is 5.10 Å². The summed E-state index contributed by atoms with van der Waals surface area (Å²) in [7, 11) is 0. The molecule has 2 aromatic rings. The van der Waals surface area contributed by atoms with E-state index in [0.717, 1.165) is 11.3 Å². The number of aromatic nitrogens is 3. The molecule has 0 aliphatic rings. The second kappa shape index (κ2) is 5.22. The SMILES string of the molecule is C/C(=N\Nc1nnc(C)c(=O)[nH]1)c1ccccc1. The van der Waals surface area contributed by atoms with Crippen molar-refractivity contribution in [3.05, 3.63) is 51.9 Å². The van der Waals surface area contributed by atoms with E-state index in [1.165, 1.54) is 0 Å². The molecule has 0 aliphatic carbocycles. The van der Waals surface area contributed by atoms with Gasteiger partial charge in [0.1, 0.15) is 5.69 Å². The maximum absolute atomic E-state index is 11.3. The minimum absolute atomic E-state index is 0.223. The lowest BCUT2D eigenvalue weighted by molar-refractivity contribution is 0.897. The fourth-order valence-electron chi connectivity index (χ4n) is 1.32. The minimum Gasteiger partial charge on any atom is -0.288 e. The average molecular weight is 243 g/mol. The minimum atomic E-state index is -0.278. The van der Waals surface area contributed by atoms with Crippen molar-refractivity contribution < 1.29 is 0 Å². The Kier molecular flexibility index (Phi) is 3.47. The second-order valence-electron chi connectivity index (χ2n) is 3.76. The number of aromatic amines is 1. The molecular weight excluding hydrogens is 230 g/mol. The van der Waals surface area contributed by atoms with Crippen LogP contribution < -0.4 is 11.0 Å². The van der Waals surface area contributed by atoms with Crippen LogP contribution in [0.3, 0.4) is 0 Å². The highest BCUT2D eigenvalue weighted by Crippen LogP contribution is 2.01. The lowest BCUT2D eigenvalue weighted by Gasteiger charge is -2.02. The van der Waals surface area contributed by atoms with Crippen LogP contribution in [0.5, 0.6) is 0 Å². The van der Waals surface area contributed by atoms with Crippen molar-refractivity contribution in [3.63, 3.8) is 0 Å². The monoisotopic (exact) mass is 243 g/mol. The van der Waals surface area contributed by atoms with Crippen molar-refractivity contribution in [1.82, 2.24) is 15.2 Å². The third kappa shape index (κ3) is 2.79. The summed E-state index contributed by atoms with van der Waals surface area (Å²) in [4.78, 5) is 13.8. The second-order valence-corrected chi connectivity index (χ2v) is 3.76. The molecule has 0 atom stereocenters. The zero-order valence-corrected chi connectivity index (χ0v) is 10.1. The molecule has 1 aromatic carbocycles. The van der Waals surface area contributed by atoms with Crippen LogP contribution in [-0.2, 0) is 0 Å². The van der Waals surface area contributed by atoms with Crippen molar-refractivity contribution in [2.75, 3.05) is 5.43 Å². The maximum Gasteiger partial charge on any atom is 0.274 e. The molecule has 0 amide bonds. The van der Waals surface area contributed by atoms with Gasteiger partial charge in [0.15, 0.2) is 0 Å². The zero-order chi connectivity index (χ0) is 13.0. The van der Waals surface area contributed by atoms with Gasteiger partial charge >= 0.3 is 0 Å². The highest BCUT2D eigenvalue weighted by atomic mass is 16.1. The van der Waals surface area contributed by atoms with E-state index in [4.69, 9.17) is 0 Å². The maximum atomic E-state index is 11.3. The number of hydrogen-bond acceptors (Lipinski definition) is 5. The Morgan fingerprint density at radius 2 is 2.00 bits per heavy atom. The Hall–Kier alpha value is -2.50. The van der Waals surface area contributed by atoms with Gasteiger partial charge in [-0.25, -0.2) is 5.43 Å². The van der Waals surface area contributed by atoms with E-state index in [9.17, 15) is 4.79 Å². The van der Waals surface area contributed by atoms with Gasteiger partial charge in [-0.1, -0.05) is 30.3 Å². The van der Waals surface area contributed by atoms with Crippen molar-refractivity contribution in [3.8, 4) is 0 Å². The van der Waals surface area contributed by atoms with Gasteiger partial charge in [0.25, 0.3) is 5.56 Å². The van der Waals surface area contributed by atoms with Crippen LogP contribution in [0.25, 0.3) is 0 Å². The predicted molar refractivity (Wildman–Crippen MR) is 69.7 cm³/mol. The molecule has 6 nitrogen and oxygen atoms in total. The molecule has 2 rings (SSSR count). The van der Waals surface area contributed by atoms with E-state index in [2.05, 4.69) is 25.7 Å². The molecule has 0 aliphatic heterocycles. The van der Waals surface area contributed by atoms with Gasteiger partial charge < -0.3 is 0 Å². The first-order valence-electron chi connectivity index (χ1n) is 5.46. The fraction of sp³-hybridized carbons (Fsp3) is 0.167. The summed E-state index contributed by atoms with van der Waals surface area (Å²) >= 11 is 0. The number of rotatable bonds is 3. The molecule has 0 unspecified atom stereocenters. The van der Waals surface area contributed by atoms with E-state index in [0.29, 0.717) is 5.69 Å². The number of H-pyrrole nitrogens is 1. The normalized spacial score (nSPS) is 11.3. The zero-order valence-electron chi connectivity index (χ0n) is 10.1. The third-order valence-corrected chi connectivity index (χ3v) is 2.38. The van der Waals surface area contributed by atoms with E-state index >= 15 is 0 Å². The Bertz CT molecular complexity index is 618. The number of nitrogens with one attached hydrogen (secondary N) is 2. The molecule has 2 N–H and O–H groups in total. The summed E-state index contributed by atoms with van der Waals surface area (Å²) in [6.45, 7) is 3.45. The summed E-state index contributed by atoms with van der Waals surface area (Å²) in [6.07, 6.45) is 0. The van der Waals surface area contributed by atoms with E-state index in [1.807, 2.05) is 37.3 Å². The van der Waals surface area contributed by atoms with Crippen LogP contribution in [0.1, 0.15) is 18.2 Å². The molecule has 0 bridgehead atoms. The van der Waals surface area contributed by atoms with Gasteiger partial charge in [0.2, 0.25) is 5.95 Å². The highest BCUT2D eigenvalue weighted by Gasteiger charge is 1.99. The molecule has 0 fully saturated rings. The fourth-order valence-corrected chi connectivity index (χ4v) is 1.32. The molecule has 92 valence electrons. The Morgan fingerprint density at radius 1 is 1.28 bits per heavy atom. The van der Waals surface area contributed by atoms with E-state index in [1.54, 1.807) is 6.92 Å². The molecule has 1 heterocycles. The highest BCUT2D eigenvalue weighted by molar-refractivity contribution is 5.98. The van der Waals surface area contributed by atoms with Crippen molar-refractivity contribution in [1.29, 1.82) is 0 Å². The third-order valence-electron chi connectivity index (χ3n) is 2.38. The van der Waals surface area contributed by atoms with E-state index in [-0.39, 0.29) is 11.5 Å². The van der Waals surface area contributed by atoms with Crippen LogP contribution in [0.15, 0.2) is 40.2 Å². The number of aryl methyl sites for hydroxylation is 1. The van der Waals surface area contributed by atoms with Gasteiger partial charge in [-0.2, -0.15) is 5.10 Å². The van der Waals surface area contributed by atoms with Crippen LogP contribution in [0.4, 0.5) is 5.95 Å². The number of hydrazone groups is 1. The summed E-state index contributed by atoms with van der Waals surface area (Å²) in [5.41, 5.74) is 4.50. The average Bonchev–Trinajstić information content (AvgIpc) is 2.41. The van der Waals surface area contributed by atoms with Gasteiger partial charge in [-0.3, -0.25) is 9.78 Å². The Morgan fingerprint density at radius 3 is 2.67 bits per heavy atom. The van der Waals surface area contributed by atoms with Crippen LogP contribution in [0, 0.1) is 6.92 Å². The molecule has 0 saturated carbocycles. The molecule has 1 aromatic heterocycles. The van der Waals surface area contributed by atoms with Crippen LogP contribution in [-0.4, -0.2) is 20.9 Å². The number of hydrogen-bond donors (Lipinski definition) is 2. The van der Waals surface area contributed by atoms with Crippen molar-refractivity contribution >= 4 is 11.7 Å². The molecule has 0 spiro atoms. The Balaban J connectivity index is 2.15. The topological polar surface area (TPSA) is 83.0 Å². The summed E-state index contributed by atoms with van der Waals surface area (Å²) in [6, 6.07) is 9.70. The smallest absolute Gasteiger partial charge is 0.274 e. The number of benzene rings is 1. The first-order chi connectivity index (χ1) is 8.66.